The minimum Gasteiger partial charge on any atom is -0.488 e. The van der Waals surface area contributed by atoms with Crippen LogP contribution in [0.1, 0.15) is 80.4 Å². The van der Waals surface area contributed by atoms with Gasteiger partial charge in [0.2, 0.25) is 29.5 Å². The number of amides is 8. The molecule has 80 heavy (non-hydrogen) atoms. The van der Waals surface area contributed by atoms with Crippen LogP contribution in [0.25, 0.3) is 21.5 Å². The molecule has 0 aromatic heterocycles. The van der Waals surface area contributed by atoms with Crippen LogP contribution < -0.4 is 41.0 Å². The van der Waals surface area contributed by atoms with Crippen molar-refractivity contribution in [3.63, 3.8) is 0 Å². The Labute approximate surface area is 469 Å². The number of nitrogens with one attached hydrogen (secondary N) is 3. The first-order chi connectivity index (χ1) is 38.8. The maximum atomic E-state index is 14.1. The van der Waals surface area contributed by atoms with Gasteiger partial charge in [0.05, 0.1) is 17.9 Å². The van der Waals surface area contributed by atoms with Crippen molar-refractivity contribution in [1.29, 1.82) is 0 Å². The van der Waals surface area contributed by atoms with E-state index in [1.165, 1.54) is 12.2 Å². The Bertz CT molecular complexity index is 3180. The number of nitrogens with zero attached hydrogens (tertiary/aromatic N) is 5. The van der Waals surface area contributed by atoms with Crippen LogP contribution in [-0.2, 0) is 46.6 Å². The number of carbonyl (C=O) groups is 8. The van der Waals surface area contributed by atoms with E-state index >= 15 is 0 Å². The van der Waals surface area contributed by atoms with Crippen LogP contribution in [0.5, 0.6) is 11.5 Å². The van der Waals surface area contributed by atoms with Gasteiger partial charge in [0, 0.05) is 118 Å². The standard InChI is InChI=1S/C60H68ClN9O10/c1-66-29-31-67(32-30-66)60(78)80-51-34-49-58(46-14-7-6-13-45(46)51)40(35-61)37-70(49)55(74)18-9-17-54(73)68-28-25-43-42-11-4-5-12-44(42)50(33-48(43)68)79-38-39-19-21-41(22-20-39)64-59(77)47(15-10-26-62)65-53(72)36-63-52(71)16-3-2-8-27-69-56(75)23-24-57(69)76/h4-7,11-14,19-24,33-34,40,47H,2-3,8-10,15-18,25-32,35-38,62H2,1H3,(H,63,71)(H,64,77)(H,65,72)/t40-,47+/m1/s1. The first-order valence-corrected chi connectivity index (χ1v) is 28.1. The maximum Gasteiger partial charge on any atom is 0.415 e. The molecule has 8 amide bonds. The third kappa shape index (κ3) is 13.4. The SMILES string of the molecule is CN1CCN(C(=O)Oc2cc3c(c4ccccc24)[C@H](CCl)CN3C(=O)CCCC(=O)N2CCc3c2cc(OCc2ccc(NC(=O)[C@H](CCCN)NC(=O)CNC(=O)CCCCCN4C(=O)C=CC4=O)cc2)c2ccccc32)CC1. The molecule has 420 valence electrons. The molecule has 5 aromatic carbocycles. The van der Waals surface area contributed by atoms with Crippen molar-refractivity contribution in [2.75, 3.05) is 86.9 Å². The molecule has 0 aliphatic carbocycles. The van der Waals surface area contributed by atoms with E-state index in [1.807, 2.05) is 73.8 Å². The summed E-state index contributed by atoms with van der Waals surface area (Å²) in [4.78, 5) is 112. The molecule has 2 atom stereocenters. The highest BCUT2D eigenvalue weighted by Crippen LogP contribution is 2.46. The molecule has 4 heterocycles. The summed E-state index contributed by atoms with van der Waals surface area (Å²) in [6.45, 7) is 3.96. The maximum absolute atomic E-state index is 14.1. The molecule has 0 bridgehead atoms. The average molecular weight is 1110 g/mol. The highest BCUT2D eigenvalue weighted by Gasteiger charge is 2.36. The molecule has 1 saturated heterocycles. The first-order valence-electron chi connectivity index (χ1n) is 27.5. The number of benzene rings is 5. The molecule has 0 unspecified atom stereocenters. The summed E-state index contributed by atoms with van der Waals surface area (Å²) in [5.74, 6) is -1.05. The lowest BCUT2D eigenvalue weighted by Gasteiger charge is -2.31. The lowest BCUT2D eigenvalue weighted by molar-refractivity contribution is -0.137. The fraction of sp³-hybridized carbons (Fsp3) is 0.400. The van der Waals surface area contributed by atoms with Gasteiger partial charge in [0.25, 0.3) is 11.8 Å². The van der Waals surface area contributed by atoms with Gasteiger partial charge in [-0.2, -0.15) is 0 Å². The number of ether oxygens (including phenoxy) is 2. The van der Waals surface area contributed by atoms with Crippen LogP contribution in [0.15, 0.2) is 97.1 Å². The number of nitrogens with two attached hydrogens (primary N) is 1. The van der Waals surface area contributed by atoms with Gasteiger partial charge in [0.1, 0.15) is 24.1 Å². The molecule has 1 fully saturated rings. The number of piperazine rings is 1. The number of halogens is 1. The fourth-order valence-corrected chi connectivity index (χ4v) is 11.1. The summed E-state index contributed by atoms with van der Waals surface area (Å²) < 4.78 is 12.5. The van der Waals surface area contributed by atoms with Crippen molar-refractivity contribution < 1.29 is 47.8 Å². The van der Waals surface area contributed by atoms with Crippen LogP contribution in [0.3, 0.4) is 0 Å². The van der Waals surface area contributed by atoms with Crippen LogP contribution in [-0.4, -0.2) is 140 Å². The van der Waals surface area contributed by atoms with Gasteiger partial charge in [-0.25, -0.2) is 4.79 Å². The third-order valence-electron chi connectivity index (χ3n) is 15.2. The second-order valence-corrected chi connectivity index (χ2v) is 21.0. The van der Waals surface area contributed by atoms with Gasteiger partial charge in [-0.3, -0.25) is 38.5 Å². The Hall–Kier alpha value is -7.87. The molecule has 19 nitrogen and oxygen atoms in total. The summed E-state index contributed by atoms with van der Waals surface area (Å²) in [5.41, 5.74) is 10.5. The van der Waals surface area contributed by atoms with Crippen LogP contribution in [0, 0.1) is 0 Å². The van der Waals surface area contributed by atoms with E-state index in [9.17, 15) is 38.4 Å². The van der Waals surface area contributed by atoms with Gasteiger partial charge in [-0.1, -0.05) is 67.1 Å². The predicted octanol–water partition coefficient (Wildman–Crippen LogP) is 6.51. The number of carbonyl (C=O) groups excluding carboxylic acids is 8. The topological polar surface area (TPSA) is 233 Å². The summed E-state index contributed by atoms with van der Waals surface area (Å²) in [6.07, 6.45) is 5.92. The third-order valence-corrected chi connectivity index (χ3v) is 15.6. The number of unbranched alkanes of at least 4 members (excludes halogenated alkanes) is 2. The molecular formula is C60H68ClN9O10. The van der Waals surface area contributed by atoms with Crippen LogP contribution in [0.2, 0.25) is 0 Å². The molecule has 0 saturated carbocycles. The van der Waals surface area contributed by atoms with Crippen molar-refractivity contribution in [2.24, 2.45) is 5.73 Å². The minimum atomic E-state index is -0.903. The molecule has 5 N–H and O–H groups in total. The van der Waals surface area contributed by atoms with E-state index in [0.29, 0.717) is 100 Å². The van der Waals surface area contributed by atoms with E-state index in [0.717, 1.165) is 61.9 Å². The Morgan fingerprint density at radius 2 is 1.38 bits per heavy atom. The molecule has 0 radical (unpaired) electrons. The van der Waals surface area contributed by atoms with Crippen molar-refractivity contribution in [1.82, 2.24) is 25.3 Å². The molecule has 9 rings (SSSR count). The summed E-state index contributed by atoms with van der Waals surface area (Å²) in [7, 11) is 2.02. The van der Waals surface area contributed by atoms with Gasteiger partial charge < -0.3 is 50.8 Å². The highest BCUT2D eigenvalue weighted by molar-refractivity contribution is 6.19. The van der Waals surface area contributed by atoms with E-state index in [1.54, 1.807) is 32.9 Å². The Morgan fingerprint density at radius 1 is 0.713 bits per heavy atom. The van der Waals surface area contributed by atoms with Crippen molar-refractivity contribution >= 4 is 97.7 Å². The predicted molar refractivity (Wildman–Crippen MR) is 306 cm³/mol. The average Bonchev–Trinajstić information content (AvgIpc) is 4.20. The summed E-state index contributed by atoms with van der Waals surface area (Å²) in [5, 5.41) is 11.7. The number of anilines is 3. The van der Waals surface area contributed by atoms with Crippen molar-refractivity contribution in [2.45, 2.75) is 82.8 Å². The van der Waals surface area contributed by atoms with Gasteiger partial charge in [-0.05, 0) is 91.7 Å². The minimum absolute atomic E-state index is 0.0945. The second-order valence-electron chi connectivity index (χ2n) is 20.7. The molecular weight excluding hydrogens is 1040 g/mol. The Balaban J connectivity index is 0.772. The number of alkyl halides is 1. The highest BCUT2D eigenvalue weighted by atomic mass is 35.5. The zero-order valence-corrected chi connectivity index (χ0v) is 45.8. The number of fused-ring (bicyclic) bond motifs is 6. The smallest absolute Gasteiger partial charge is 0.415 e. The number of imide groups is 1. The Morgan fingerprint density at radius 3 is 2.08 bits per heavy atom. The number of hydrogen-bond acceptors (Lipinski definition) is 12. The van der Waals surface area contributed by atoms with Crippen LogP contribution in [0.4, 0.5) is 21.9 Å². The van der Waals surface area contributed by atoms with E-state index < -0.39 is 23.9 Å². The van der Waals surface area contributed by atoms with Gasteiger partial charge >= 0.3 is 6.09 Å². The molecule has 5 aromatic rings. The van der Waals surface area contributed by atoms with Gasteiger partial charge in [-0.15, -0.1) is 11.6 Å². The van der Waals surface area contributed by atoms with E-state index in [-0.39, 0.29) is 80.8 Å². The number of hydrogen-bond donors (Lipinski definition) is 4. The second kappa shape index (κ2) is 26.4. The lowest BCUT2D eigenvalue weighted by Crippen LogP contribution is -2.48. The molecule has 4 aliphatic rings. The monoisotopic (exact) mass is 1110 g/mol. The van der Waals surface area contributed by atoms with E-state index in [4.69, 9.17) is 26.8 Å². The number of likely N-dealkylation sites (N-methyl/N-ethyl adjacent to an activating group) is 1. The first kappa shape index (κ1) is 56.8. The lowest BCUT2D eigenvalue weighted by atomic mass is 9.95. The van der Waals surface area contributed by atoms with Gasteiger partial charge in [0.15, 0.2) is 0 Å². The van der Waals surface area contributed by atoms with Crippen LogP contribution >= 0.6 is 11.6 Å². The zero-order chi connectivity index (χ0) is 56.3. The Kier molecular flexibility index (Phi) is 18.8. The summed E-state index contributed by atoms with van der Waals surface area (Å²) >= 11 is 6.56. The fourth-order valence-electron chi connectivity index (χ4n) is 10.8. The summed E-state index contributed by atoms with van der Waals surface area (Å²) in [6, 6.07) is 25.6. The number of rotatable bonds is 23. The quantitative estimate of drug-likeness (QED) is 0.0312. The van der Waals surface area contributed by atoms with Crippen molar-refractivity contribution in [3.05, 3.63) is 114 Å². The molecule has 20 heteroatoms. The van der Waals surface area contributed by atoms with Crippen molar-refractivity contribution in [3.8, 4) is 11.5 Å². The zero-order valence-electron chi connectivity index (χ0n) is 45.0. The van der Waals surface area contributed by atoms with E-state index in [2.05, 4.69) is 20.9 Å². The molecule has 0 spiro atoms. The molecule has 4 aliphatic heterocycles. The largest absolute Gasteiger partial charge is 0.488 e. The normalized spacial score (nSPS) is 16.3.